The summed E-state index contributed by atoms with van der Waals surface area (Å²) in [4.78, 5) is 0. The number of halogens is 3. The van der Waals surface area contributed by atoms with E-state index in [2.05, 4.69) is 12.2 Å². The Morgan fingerprint density at radius 2 is 1.95 bits per heavy atom. The highest BCUT2D eigenvalue weighted by Crippen LogP contribution is 2.30. The van der Waals surface area contributed by atoms with Gasteiger partial charge in [0.1, 0.15) is 0 Å². The van der Waals surface area contributed by atoms with Gasteiger partial charge < -0.3 is 5.32 Å². The van der Waals surface area contributed by atoms with Crippen molar-refractivity contribution in [3.63, 3.8) is 0 Å². The van der Waals surface area contributed by atoms with Gasteiger partial charge in [0.15, 0.2) is 0 Å². The van der Waals surface area contributed by atoms with E-state index in [0.717, 1.165) is 24.8 Å². The number of rotatable bonds is 4. The quantitative estimate of drug-likeness (QED) is 0.758. The fourth-order valence-corrected chi connectivity index (χ4v) is 3.11. The van der Waals surface area contributed by atoms with Crippen LogP contribution in [0.2, 0.25) is 0 Å². The molecule has 1 aliphatic carbocycles. The molecule has 1 aromatic carbocycles. The molecule has 2 unspecified atom stereocenters. The summed E-state index contributed by atoms with van der Waals surface area (Å²) in [5.41, 5.74) is 0.148. The van der Waals surface area contributed by atoms with Gasteiger partial charge in [-0.25, -0.2) is 0 Å². The number of benzene rings is 1. The summed E-state index contributed by atoms with van der Waals surface area (Å²) >= 11 is 0. The van der Waals surface area contributed by atoms with Crippen LogP contribution in [-0.4, -0.2) is 6.04 Å². The van der Waals surface area contributed by atoms with Crippen molar-refractivity contribution < 1.29 is 13.2 Å². The van der Waals surface area contributed by atoms with Gasteiger partial charge in [-0.15, -0.1) is 0 Å². The van der Waals surface area contributed by atoms with Gasteiger partial charge in [-0.3, -0.25) is 0 Å². The molecule has 1 fully saturated rings. The molecule has 21 heavy (non-hydrogen) atoms. The van der Waals surface area contributed by atoms with E-state index < -0.39 is 11.7 Å². The molecule has 0 saturated heterocycles. The van der Waals surface area contributed by atoms with E-state index in [1.165, 1.54) is 37.8 Å². The molecule has 118 valence electrons. The maximum Gasteiger partial charge on any atom is 0.416 e. The fraction of sp³-hybridized carbons (Fsp3) is 0.647. The Labute approximate surface area is 124 Å². The first-order valence-corrected chi connectivity index (χ1v) is 7.88. The van der Waals surface area contributed by atoms with Gasteiger partial charge in [-0.1, -0.05) is 44.4 Å². The Bertz CT molecular complexity index is 442. The Morgan fingerprint density at radius 3 is 2.67 bits per heavy atom. The lowest BCUT2D eigenvalue weighted by Crippen LogP contribution is -2.28. The second-order valence-corrected chi connectivity index (χ2v) is 6.06. The molecule has 1 aromatic rings. The second kappa shape index (κ2) is 7.30. The van der Waals surface area contributed by atoms with Crippen LogP contribution in [0.4, 0.5) is 13.2 Å². The largest absolute Gasteiger partial charge is 0.416 e. The van der Waals surface area contributed by atoms with Crippen LogP contribution in [-0.2, 0) is 12.7 Å². The van der Waals surface area contributed by atoms with E-state index in [1.807, 2.05) is 0 Å². The predicted octanol–water partition coefficient (Wildman–Crippen LogP) is 5.15. The van der Waals surface area contributed by atoms with Crippen molar-refractivity contribution in [1.82, 2.24) is 5.32 Å². The van der Waals surface area contributed by atoms with Gasteiger partial charge in [0.25, 0.3) is 0 Å². The summed E-state index contributed by atoms with van der Waals surface area (Å²) in [5, 5.41) is 3.43. The Hall–Kier alpha value is -1.03. The highest BCUT2D eigenvalue weighted by Gasteiger charge is 2.30. The Morgan fingerprint density at radius 1 is 1.14 bits per heavy atom. The average molecular weight is 299 g/mol. The Balaban J connectivity index is 1.88. The van der Waals surface area contributed by atoms with E-state index in [1.54, 1.807) is 6.07 Å². The second-order valence-electron chi connectivity index (χ2n) is 6.06. The monoisotopic (exact) mass is 299 g/mol. The van der Waals surface area contributed by atoms with Crippen LogP contribution < -0.4 is 5.32 Å². The first kappa shape index (κ1) is 16.3. The highest BCUT2D eigenvalue weighted by molar-refractivity contribution is 5.25. The van der Waals surface area contributed by atoms with E-state index in [4.69, 9.17) is 0 Å². The third kappa shape index (κ3) is 5.03. The first-order valence-electron chi connectivity index (χ1n) is 7.88. The molecular formula is C17H24F3N. The summed E-state index contributed by atoms with van der Waals surface area (Å²) in [7, 11) is 0. The third-order valence-electron chi connectivity index (χ3n) is 4.51. The average Bonchev–Trinajstić information content (AvgIpc) is 2.69. The minimum absolute atomic E-state index is 0.441. The van der Waals surface area contributed by atoms with Crippen LogP contribution in [0, 0.1) is 5.92 Å². The van der Waals surface area contributed by atoms with Crippen LogP contribution in [0.15, 0.2) is 24.3 Å². The topological polar surface area (TPSA) is 12.0 Å². The number of hydrogen-bond donors (Lipinski definition) is 1. The predicted molar refractivity (Wildman–Crippen MR) is 78.9 cm³/mol. The zero-order valence-electron chi connectivity index (χ0n) is 12.5. The van der Waals surface area contributed by atoms with Crippen molar-refractivity contribution >= 4 is 0 Å². The highest BCUT2D eigenvalue weighted by atomic mass is 19.4. The van der Waals surface area contributed by atoms with E-state index in [0.29, 0.717) is 18.2 Å². The van der Waals surface area contributed by atoms with Crippen molar-refractivity contribution in [2.45, 2.75) is 64.2 Å². The lowest BCUT2D eigenvalue weighted by molar-refractivity contribution is -0.137. The Kier molecular flexibility index (Phi) is 5.68. The van der Waals surface area contributed by atoms with Crippen LogP contribution in [0.25, 0.3) is 0 Å². The van der Waals surface area contributed by atoms with Crippen LogP contribution in [0.5, 0.6) is 0 Å². The molecule has 0 spiro atoms. The summed E-state index contributed by atoms with van der Waals surface area (Å²) in [6.45, 7) is 2.76. The van der Waals surface area contributed by atoms with Crippen molar-refractivity contribution in [2.24, 2.45) is 5.92 Å². The summed E-state index contributed by atoms with van der Waals surface area (Å²) < 4.78 is 38.0. The van der Waals surface area contributed by atoms with E-state index >= 15 is 0 Å². The van der Waals surface area contributed by atoms with Crippen molar-refractivity contribution in [3.05, 3.63) is 35.4 Å². The summed E-state index contributed by atoms with van der Waals surface area (Å²) in [5.74, 6) is 0.824. The molecule has 2 atom stereocenters. The SMILES string of the molecule is CCC1CCCC(NCc2cccc(C(F)(F)F)c2)CC1. The molecule has 4 heteroatoms. The summed E-state index contributed by atoms with van der Waals surface area (Å²) in [6.07, 6.45) is 2.99. The molecular weight excluding hydrogens is 275 g/mol. The van der Waals surface area contributed by atoms with Crippen LogP contribution in [0.1, 0.15) is 56.6 Å². The van der Waals surface area contributed by atoms with E-state index in [9.17, 15) is 13.2 Å². The van der Waals surface area contributed by atoms with Gasteiger partial charge in [-0.05, 0) is 36.8 Å². The van der Waals surface area contributed by atoms with Gasteiger partial charge >= 0.3 is 6.18 Å². The van der Waals surface area contributed by atoms with Crippen molar-refractivity contribution in [1.29, 1.82) is 0 Å². The zero-order valence-corrected chi connectivity index (χ0v) is 12.5. The molecule has 0 aliphatic heterocycles. The lowest BCUT2D eigenvalue weighted by Gasteiger charge is -2.17. The molecule has 2 rings (SSSR count). The van der Waals surface area contributed by atoms with Gasteiger partial charge in [-0.2, -0.15) is 13.2 Å². The molecule has 1 N–H and O–H groups in total. The number of nitrogens with one attached hydrogen (secondary N) is 1. The number of hydrogen-bond acceptors (Lipinski definition) is 1. The standard InChI is InChI=1S/C17H24F3N/c1-2-13-5-4-8-16(10-9-13)21-12-14-6-3-7-15(11-14)17(18,19)20/h3,6-7,11,13,16,21H,2,4-5,8-10,12H2,1H3. The smallest absolute Gasteiger partial charge is 0.310 e. The fourth-order valence-electron chi connectivity index (χ4n) is 3.11. The normalized spacial score (nSPS) is 23.8. The first-order chi connectivity index (χ1) is 9.99. The van der Waals surface area contributed by atoms with Gasteiger partial charge in [0.05, 0.1) is 5.56 Å². The van der Waals surface area contributed by atoms with Gasteiger partial charge in [0.2, 0.25) is 0 Å². The van der Waals surface area contributed by atoms with Crippen molar-refractivity contribution in [3.8, 4) is 0 Å². The molecule has 0 radical (unpaired) electrons. The third-order valence-corrected chi connectivity index (χ3v) is 4.51. The molecule has 0 aromatic heterocycles. The summed E-state index contributed by atoms with van der Waals surface area (Å²) in [6, 6.07) is 6.06. The lowest BCUT2D eigenvalue weighted by atomic mass is 9.98. The molecule has 1 nitrogen and oxygen atoms in total. The number of alkyl halides is 3. The van der Waals surface area contributed by atoms with Crippen LogP contribution in [0.3, 0.4) is 0 Å². The van der Waals surface area contributed by atoms with Crippen LogP contribution >= 0.6 is 0 Å². The maximum absolute atomic E-state index is 12.7. The zero-order chi connectivity index (χ0) is 15.3. The minimum atomic E-state index is -4.26. The minimum Gasteiger partial charge on any atom is -0.310 e. The molecule has 0 heterocycles. The molecule has 0 bridgehead atoms. The molecule has 1 aliphatic rings. The maximum atomic E-state index is 12.7. The van der Waals surface area contributed by atoms with Crippen molar-refractivity contribution in [2.75, 3.05) is 0 Å². The molecule has 0 amide bonds. The molecule has 1 saturated carbocycles. The van der Waals surface area contributed by atoms with Gasteiger partial charge in [0, 0.05) is 12.6 Å². The van der Waals surface area contributed by atoms with E-state index in [-0.39, 0.29) is 0 Å².